The Hall–Kier alpha value is -2.22. The second-order valence-corrected chi connectivity index (χ2v) is 3.87. The molecule has 2 heteroatoms. The highest BCUT2D eigenvalue weighted by Crippen LogP contribution is 2.28. The highest BCUT2D eigenvalue weighted by molar-refractivity contribution is 5.95. The van der Waals surface area contributed by atoms with Gasteiger partial charge in [0.05, 0.1) is 0 Å². The smallest absolute Gasteiger partial charge is 0.0460 e. The number of nitrogen functional groups attached to an aromatic ring is 1. The Morgan fingerprint density at radius 3 is 2.44 bits per heavy atom. The lowest BCUT2D eigenvalue weighted by atomic mass is 10.0. The zero-order valence-corrected chi connectivity index (χ0v) is 8.77. The molecule has 0 unspecified atom stereocenters. The lowest BCUT2D eigenvalue weighted by Crippen LogP contribution is -1.83. The first kappa shape index (κ1) is 9.04. The van der Waals surface area contributed by atoms with Crippen LogP contribution in [-0.2, 0) is 0 Å². The molecule has 2 aromatic carbocycles. The Balaban J connectivity index is 2.22. The number of nitrogens with two attached hydrogens (primary N) is 1. The molecular formula is C14H12N2. The van der Waals surface area contributed by atoms with Gasteiger partial charge in [-0.15, -0.1) is 0 Å². The third-order valence-corrected chi connectivity index (χ3v) is 2.81. The third-order valence-electron chi connectivity index (χ3n) is 2.81. The van der Waals surface area contributed by atoms with Crippen molar-refractivity contribution in [1.29, 1.82) is 0 Å². The fraction of sp³-hybridized carbons (Fsp3) is 0. The van der Waals surface area contributed by atoms with Crippen molar-refractivity contribution in [1.82, 2.24) is 4.98 Å². The summed E-state index contributed by atoms with van der Waals surface area (Å²) in [6.45, 7) is 0. The monoisotopic (exact) mass is 208 g/mol. The minimum Gasteiger partial charge on any atom is -0.399 e. The van der Waals surface area contributed by atoms with E-state index in [9.17, 15) is 0 Å². The highest BCUT2D eigenvalue weighted by Gasteiger charge is 2.04. The fourth-order valence-electron chi connectivity index (χ4n) is 1.97. The van der Waals surface area contributed by atoms with Crippen LogP contribution in [0.25, 0.3) is 22.0 Å². The molecule has 0 aliphatic rings. The van der Waals surface area contributed by atoms with Crippen LogP contribution in [0.3, 0.4) is 0 Å². The maximum Gasteiger partial charge on any atom is 0.0460 e. The van der Waals surface area contributed by atoms with E-state index < -0.39 is 0 Å². The normalized spacial score (nSPS) is 10.8. The average Bonchev–Trinajstić information content (AvgIpc) is 2.74. The van der Waals surface area contributed by atoms with Gasteiger partial charge in [-0.3, -0.25) is 0 Å². The molecule has 0 aliphatic carbocycles. The van der Waals surface area contributed by atoms with E-state index in [0.717, 1.165) is 11.2 Å². The summed E-state index contributed by atoms with van der Waals surface area (Å²) in [5, 5.41) is 1.24. The van der Waals surface area contributed by atoms with Gasteiger partial charge in [0, 0.05) is 28.4 Å². The molecule has 3 N–H and O–H groups in total. The molecule has 16 heavy (non-hydrogen) atoms. The lowest BCUT2D eigenvalue weighted by Gasteiger charge is -2.00. The van der Waals surface area contributed by atoms with Crippen LogP contribution >= 0.6 is 0 Å². The largest absolute Gasteiger partial charge is 0.399 e. The van der Waals surface area contributed by atoms with Crippen LogP contribution in [-0.4, -0.2) is 4.98 Å². The van der Waals surface area contributed by atoms with E-state index in [1.807, 2.05) is 36.5 Å². The lowest BCUT2D eigenvalue weighted by molar-refractivity contribution is 1.47. The second-order valence-electron chi connectivity index (χ2n) is 3.87. The van der Waals surface area contributed by atoms with Crippen LogP contribution in [0, 0.1) is 0 Å². The van der Waals surface area contributed by atoms with Crippen LogP contribution in [0.15, 0.2) is 54.7 Å². The second kappa shape index (κ2) is 3.42. The van der Waals surface area contributed by atoms with Crippen molar-refractivity contribution in [3.05, 3.63) is 54.7 Å². The van der Waals surface area contributed by atoms with Crippen molar-refractivity contribution in [3.8, 4) is 11.1 Å². The first-order valence-corrected chi connectivity index (χ1v) is 5.26. The summed E-state index contributed by atoms with van der Waals surface area (Å²) in [7, 11) is 0. The molecule has 0 bridgehead atoms. The van der Waals surface area contributed by atoms with Gasteiger partial charge in [-0.1, -0.05) is 30.3 Å². The first-order chi connectivity index (χ1) is 7.84. The van der Waals surface area contributed by atoms with Crippen LogP contribution in [0.1, 0.15) is 0 Å². The Bertz CT molecular complexity index is 621. The summed E-state index contributed by atoms with van der Waals surface area (Å²) in [4.78, 5) is 3.27. The minimum atomic E-state index is 0.795. The molecule has 0 saturated heterocycles. The number of anilines is 1. The highest BCUT2D eigenvalue weighted by atomic mass is 14.7. The van der Waals surface area contributed by atoms with E-state index in [-0.39, 0.29) is 0 Å². The van der Waals surface area contributed by atoms with E-state index in [4.69, 9.17) is 5.73 Å². The van der Waals surface area contributed by atoms with Crippen molar-refractivity contribution < 1.29 is 0 Å². The third kappa shape index (κ3) is 1.36. The maximum atomic E-state index is 5.68. The van der Waals surface area contributed by atoms with Crippen LogP contribution in [0.2, 0.25) is 0 Å². The molecule has 1 heterocycles. The van der Waals surface area contributed by atoms with Gasteiger partial charge >= 0.3 is 0 Å². The molecule has 0 saturated carbocycles. The van der Waals surface area contributed by atoms with E-state index in [0.29, 0.717) is 0 Å². The van der Waals surface area contributed by atoms with Crippen LogP contribution in [0.5, 0.6) is 0 Å². The molecule has 2 nitrogen and oxygen atoms in total. The molecule has 0 aliphatic heterocycles. The number of H-pyrrole nitrogens is 1. The summed E-state index contributed by atoms with van der Waals surface area (Å²) >= 11 is 0. The number of fused-ring (bicyclic) bond motifs is 1. The summed E-state index contributed by atoms with van der Waals surface area (Å²) in [5.74, 6) is 0. The molecule has 0 fully saturated rings. The first-order valence-electron chi connectivity index (χ1n) is 5.26. The van der Waals surface area contributed by atoms with Gasteiger partial charge in [-0.25, -0.2) is 0 Å². The van der Waals surface area contributed by atoms with E-state index in [1.165, 1.54) is 16.5 Å². The minimum absolute atomic E-state index is 0.795. The molecule has 0 spiro atoms. The number of rotatable bonds is 1. The number of hydrogen-bond acceptors (Lipinski definition) is 1. The molecule has 1 aromatic heterocycles. The van der Waals surface area contributed by atoms with Gasteiger partial charge in [0.1, 0.15) is 0 Å². The quantitative estimate of drug-likeness (QED) is 0.591. The fourth-order valence-corrected chi connectivity index (χ4v) is 1.97. The molecule has 3 aromatic rings. The van der Waals surface area contributed by atoms with E-state index >= 15 is 0 Å². The molecule has 0 atom stereocenters. The van der Waals surface area contributed by atoms with Gasteiger partial charge in [0.15, 0.2) is 0 Å². The molecule has 0 radical (unpaired) electrons. The Morgan fingerprint density at radius 1 is 0.875 bits per heavy atom. The SMILES string of the molecule is Nc1ccc(-c2c[nH]c3ccccc23)cc1. The summed E-state index contributed by atoms with van der Waals surface area (Å²) < 4.78 is 0. The number of para-hydroxylation sites is 1. The number of benzene rings is 2. The molecule has 0 amide bonds. The van der Waals surface area contributed by atoms with Crippen LogP contribution in [0.4, 0.5) is 5.69 Å². The molecule has 3 rings (SSSR count). The van der Waals surface area contributed by atoms with Gasteiger partial charge in [0.2, 0.25) is 0 Å². The van der Waals surface area contributed by atoms with E-state index in [1.54, 1.807) is 0 Å². The van der Waals surface area contributed by atoms with Crippen molar-refractivity contribution in [3.63, 3.8) is 0 Å². The summed E-state index contributed by atoms with van der Waals surface area (Å²) in [6, 6.07) is 16.2. The maximum absolute atomic E-state index is 5.68. The number of aromatic nitrogens is 1. The Morgan fingerprint density at radius 2 is 1.62 bits per heavy atom. The molecule has 78 valence electrons. The standard InChI is InChI=1S/C14H12N2/c15-11-7-5-10(6-8-11)13-9-16-14-4-2-1-3-12(13)14/h1-9,16H,15H2. The van der Waals surface area contributed by atoms with Gasteiger partial charge < -0.3 is 10.7 Å². The topological polar surface area (TPSA) is 41.8 Å². The summed E-state index contributed by atoms with van der Waals surface area (Å²) in [6.07, 6.45) is 2.04. The summed E-state index contributed by atoms with van der Waals surface area (Å²) in [5.41, 5.74) is 10.0. The van der Waals surface area contributed by atoms with Gasteiger partial charge in [-0.2, -0.15) is 0 Å². The zero-order chi connectivity index (χ0) is 11.0. The predicted molar refractivity (Wildman–Crippen MR) is 68.1 cm³/mol. The molecular weight excluding hydrogens is 196 g/mol. The van der Waals surface area contributed by atoms with Crippen LogP contribution < -0.4 is 5.73 Å². The van der Waals surface area contributed by atoms with Crippen molar-refractivity contribution in [2.75, 3.05) is 5.73 Å². The van der Waals surface area contributed by atoms with E-state index in [2.05, 4.69) is 23.2 Å². The van der Waals surface area contributed by atoms with Crippen molar-refractivity contribution in [2.45, 2.75) is 0 Å². The Kier molecular flexibility index (Phi) is 1.93. The number of aromatic amines is 1. The van der Waals surface area contributed by atoms with Crippen molar-refractivity contribution in [2.24, 2.45) is 0 Å². The van der Waals surface area contributed by atoms with Gasteiger partial charge in [0.25, 0.3) is 0 Å². The van der Waals surface area contributed by atoms with Gasteiger partial charge in [-0.05, 0) is 23.8 Å². The predicted octanol–water partition coefficient (Wildman–Crippen LogP) is 3.42. The Labute approximate surface area is 93.7 Å². The average molecular weight is 208 g/mol. The number of hydrogen-bond donors (Lipinski definition) is 2. The number of nitrogens with one attached hydrogen (secondary N) is 1. The van der Waals surface area contributed by atoms with Crippen molar-refractivity contribution >= 4 is 16.6 Å². The zero-order valence-electron chi connectivity index (χ0n) is 8.77.